The van der Waals surface area contributed by atoms with Gasteiger partial charge in [-0.15, -0.1) is 11.3 Å². The molecule has 4 heteroatoms. The Labute approximate surface area is 136 Å². The fourth-order valence-electron chi connectivity index (χ4n) is 3.99. The van der Waals surface area contributed by atoms with E-state index in [1.165, 1.54) is 67.1 Å². The summed E-state index contributed by atoms with van der Waals surface area (Å²) in [5.74, 6) is 2.82. The summed E-state index contributed by atoms with van der Waals surface area (Å²) < 4.78 is 0. The van der Waals surface area contributed by atoms with Gasteiger partial charge in [-0.25, -0.2) is 9.97 Å². The summed E-state index contributed by atoms with van der Waals surface area (Å²) in [6, 6.07) is 0.601. The molecule has 0 aromatic carbocycles. The molecule has 1 saturated carbocycles. The molecule has 0 saturated heterocycles. The zero-order valence-corrected chi connectivity index (χ0v) is 14.4. The summed E-state index contributed by atoms with van der Waals surface area (Å²) in [6.45, 7) is 4.39. The molecule has 0 radical (unpaired) electrons. The summed E-state index contributed by atoms with van der Waals surface area (Å²) >= 11 is 1.90. The van der Waals surface area contributed by atoms with Crippen molar-refractivity contribution in [3.63, 3.8) is 0 Å². The van der Waals surface area contributed by atoms with Gasteiger partial charge in [-0.05, 0) is 50.5 Å². The molecule has 1 unspecified atom stereocenters. The van der Waals surface area contributed by atoms with E-state index in [4.69, 9.17) is 9.97 Å². The zero-order chi connectivity index (χ0) is 15.1. The van der Waals surface area contributed by atoms with Gasteiger partial charge >= 0.3 is 0 Å². The van der Waals surface area contributed by atoms with E-state index in [2.05, 4.69) is 12.2 Å². The molecule has 2 aliphatic rings. The molecule has 0 spiro atoms. The first kappa shape index (κ1) is 14.4. The highest BCUT2D eigenvalue weighted by Gasteiger charge is 2.24. The summed E-state index contributed by atoms with van der Waals surface area (Å²) in [6.07, 6.45) is 10.4. The quantitative estimate of drug-likeness (QED) is 0.859. The van der Waals surface area contributed by atoms with Crippen LogP contribution in [0, 0.1) is 12.8 Å². The molecule has 22 heavy (non-hydrogen) atoms. The smallest absolute Gasteiger partial charge is 0.139 e. The van der Waals surface area contributed by atoms with Crippen LogP contribution in [0.1, 0.15) is 61.7 Å². The van der Waals surface area contributed by atoms with E-state index in [0.29, 0.717) is 6.04 Å². The van der Waals surface area contributed by atoms with Gasteiger partial charge in [0.15, 0.2) is 0 Å². The summed E-state index contributed by atoms with van der Waals surface area (Å²) in [4.78, 5) is 12.3. The van der Waals surface area contributed by atoms with Crippen molar-refractivity contribution in [2.45, 2.75) is 71.3 Å². The van der Waals surface area contributed by atoms with Crippen LogP contribution in [0.15, 0.2) is 0 Å². The largest absolute Gasteiger partial charge is 0.367 e. The number of hydrogen-bond donors (Lipinski definition) is 1. The van der Waals surface area contributed by atoms with Crippen LogP contribution >= 0.6 is 11.3 Å². The number of aromatic nitrogens is 2. The third-order valence-electron chi connectivity index (χ3n) is 5.21. The van der Waals surface area contributed by atoms with Gasteiger partial charge in [0.05, 0.1) is 5.39 Å². The standard InChI is InChI=1S/C18H25N3S/c1-11-8-9-14-15(10-11)22-18-16(14)17(19-12(2)20-18)21-13-6-4-3-5-7-13/h11,13H,3-10H2,1-2H3,(H,19,20,21). The summed E-state index contributed by atoms with van der Waals surface area (Å²) in [5, 5.41) is 5.10. The number of nitrogens with one attached hydrogen (secondary N) is 1. The SMILES string of the molecule is Cc1nc(NC2CCCCC2)c2c3c(sc2n1)CC(C)CC3. The molecule has 2 aliphatic carbocycles. The third kappa shape index (κ3) is 2.62. The Morgan fingerprint density at radius 2 is 1.91 bits per heavy atom. The lowest BCUT2D eigenvalue weighted by atomic mass is 9.89. The van der Waals surface area contributed by atoms with E-state index >= 15 is 0 Å². The Kier molecular flexibility index (Phi) is 3.81. The minimum atomic E-state index is 0.601. The second-order valence-corrected chi connectivity index (χ2v) is 8.21. The first-order valence-electron chi connectivity index (χ1n) is 8.76. The van der Waals surface area contributed by atoms with Gasteiger partial charge < -0.3 is 5.32 Å². The summed E-state index contributed by atoms with van der Waals surface area (Å²) in [5.41, 5.74) is 1.54. The Bertz CT molecular complexity index is 685. The molecular weight excluding hydrogens is 290 g/mol. The maximum atomic E-state index is 4.78. The van der Waals surface area contributed by atoms with Gasteiger partial charge in [-0.1, -0.05) is 26.2 Å². The molecule has 1 atom stereocenters. The lowest BCUT2D eigenvalue weighted by Crippen LogP contribution is -2.23. The maximum absolute atomic E-state index is 4.78. The molecule has 0 amide bonds. The van der Waals surface area contributed by atoms with Crippen LogP contribution in [0.25, 0.3) is 10.2 Å². The monoisotopic (exact) mass is 315 g/mol. The van der Waals surface area contributed by atoms with Crippen molar-refractivity contribution >= 4 is 27.4 Å². The number of rotatable bonds is 2. The average molecular weight is 315 g/mol. The Balaban J connectivity index is 1.76. The Morgan fingerprint density at radius 3 is 2.73 bits per heavy atom. The highest BCUT2D eigenvalue weighted by molar-refractivity contribution is 7.19. The fourth-order valence-corrected chi connectivity index (χ4v) is 5.42. The molecule has 1 N–H and O–H groups in total. The van der Waals surface area contributed by atoms with Crippen molar-refractivity contribution in [3.05, 3.63) is 16.3 Å². The average Bonchev–Trinajstić information content (AvgIpc) is 2.85. The van der Waals surface area contributed by atoms with Gasteiger partial charge in [0, 0.05) is 10.9 Å². The highest BCUT2D eigenvalue weighted by Crippen LogP contribution is 2.40. The van der Waals surface area contributed by atoms with E-state index in [1.54, 1.807) is 4.88 Å². The third-order valence-corrected chi connectivity index (χ3v) is 6.36. The first-order chi connectivity index (χ1) is 10.7. The Morgan fingerprint density at radius 1 is 1.09 bits per heavy atom. The second-order valence-electron chi connectivity index (χ2n) is 7.13. The van der Waals surface area contributed by atoms with E-state index in [-0.39, 0.29) is 0 Å². The molecule has 4 rings (SSSR count). The van der Waals surface area contributed by atoms with Gasteiger partial charge in [0.1, 0.15) is 16.5 Å². The van der Waals surface area contributed by atoms with Gasteiger partial charge in [-0.2, -0.15) is 0 Å². The number of anilines is 1. The molecular formula is C18H25N3S. The number of fused-ring (bicyclic) bond motifs is 3. The van der Waals surface area contributed by atoms with Gasteiger partial charge in [-0.3, -0.25) is 0 Å². The van der Waals surface area contributed by atoms with Crippen LogP contribution < -0.4 is 5.32 Å². The molecule has 2 aromatic heterocycles. The van der Waals surface area contributed by atoms with Gasteiger partial charge in [0.2, 0.25) is 0 Å². The Hall–Kier alpha value is -1.16. The van der Waals surface area contributed by atoms with E-state index in [1.807, 2.05) is 18.3 Å². The maximum Gasteiger partial charge on any atom is 0.139 e. The van der Waals surface area contributed by atoms with Crippen molar-refractivity contribution < 1.29 is 0 Å². The molecule has 2 aromatic rings. The van der Waals surface area contributed by atoms with Crippen LogP contribution in [-0.4, -0.2) is 16.0 Å². The summed E-state index contributed by atoms with van der Waals surface area (Å²) in [7, 11) is 0. The van der Waals surface area contributed by atoms with Crippen LogP contribution in [0.4, 0.5) is 5.82 Å². The fraction of sp³-hybridized carbons (Fsp3) is 0.667. The van der Waals surface area contributed by atoms with Crippen molar-refractivity contribution in [2.24, 2.45) is 5.92 Å². The minimum absolute atomic E-state index is 0.601. The van der Waals surface area contributed by atoms with E-state index in [0.717, 1.165) is 17.6 Å². The normalized spacial score (nSPS) is 22.7. The number of aryl methyl sites for hydroxylation is 2. The van der Waals surface area contributed by atoms with E-state index in [9.17, 15) is 0 Å². The highest BCUT2D eigenvalue weighted by atomic mass is 32.1. The number of thiophene rings is 1. The van der Waals surface area contributed by atoms with Crippen LogP contribution in [0.5, 0.6) is 0 Å². The first-order valence-corrected chi connectivity index (χ1v) is 9.58. The molecule has 2 heterocycles. The molecule has 3 nitrogen and oxygen atoms in total. The lowest BCUT2D eigenvalue weighted by molar-refractivity contribution is 0.462. The molecule has 0 aliphatic heterocycles. The lowest BCUT2D eigenvalue weighted by Gasteiger charge is -2.24. The molecule has 0 bridgehead atoms. The van der Waals surface area contributed by atoms with Crippen molar-refractivity contribution in [1.29, 1.82) is 0 Å². The van der Waals surface area contributed by atoms with Crippen LogP contribution in [-0.2, 0) is 12.8 Å². The molecule has 1 fully saturated rings. The van der Waals surface area contributed by atoms with Crippen molar-refractivity contribution in [1.82, 2.24) is 9.97 Å². The van der Waals surface area contributed by atoms with Crippen LogP contribution in [0.2, 0.25) is 0 Å². The second kappa shape index (κ2) is 5.80. The minimum Gasteiger partial charge on any atom is -0.367 e. The predicted octanol–water partition coefficient (Wildman–Crippen LogP) is 4.87. The zero-order valence-electron chi connectivity index (χ0n) is 13.6. The topological polar surface area (TPSA) is 37.8 Å². The predicted molar refractivity (Wildman–Crippen MR) is 93.8 cm³/mol. The molecule has 118 valence electrons. The number of hydrogen-bond acceptors (Lipinski definition) is 4. The van der Waals surface area contributed by atoms with Gasteiger partial charge in [0.25, 0.3) is 0 Å². The van der Waals surface area contributed by atoms with Crippen molar-refractivity contribution in [2.75, 3.05) is 5.32 Å². The van der Waals surface area contributed by atoms with Crippen LogP contribution in [0.3, 0.4) is 0 Å². The van der Waals surface area contributed by atoms with Crippen molar-refractivity contribution in [3.8, 4) is 0 Å². The number of nitrogens with zero attached hydrogens (tertiary/aromatic N) is 2. The van der Waals surface area contributed by atoms with E-state index < -0.39 is 0 Å².